The number of amidine groups is 2. The second-order valence-electron chi connectivity index (χ2n) is 7.96. The summed E-state index contributed by atoms with van der Waals surface area (Å²) >= 11 is 0. The highest BCUT2D eigenvalue weighted by Crippen LogP contribution is 2.19. The van der Waals surface area contributed by atoms with E-state index in [0.29, 0.717) is 64.1 Å². The van der Waals surface area contributed by atoms with Crippen molar-refractivity contribution in [2.45, 2.75) is 13.0 Å². The van der Waals surface area contributed by atoms with Gasteiger partial charge in [-0.15, -0.1) is 0 Å². The number of fused-ring (bicyclic) bond motifs is 1. The number of rotatable bonds is 7. The van der Waals surface area contributed by atoms with Crippen LogP contribution in [0.2, 0.25) is 0 Å². The van der Waals surface area contributed by atoms with Crippen molar-refractivity contribution in [1.82, 2.24) is 19.6 Å². The van der Waals surface area contributed by atoms with Gasteiger partial charge in [0.05, 0.1) is 12.9 Å². The monoisotopic (exact) mass is 445 g/mol. The molecule has 3 aliphatic heterocycles. The zero-order chi connectivity index (χ0) is 22.8. The summed E-state index contributed by atoms with van der Waals surface area (Å²) in [6.07, 6.45) is 1.50. The van der Waals surface area contributed by atoms with Crippen LogP contribution < -0.4 is 0 Å². The molecule has 0 N–H and O–H groups in total. The molecule has 0 radical (unpaired) electrons. The van der Waals surface area contributed by atoms with Crippen molar-refractivity contribution < 1.29 is 28.1 Å². The molecule has 0 spiro atoms. The number of carbonyl (C=O) groups excluding carboxylic acids is 3. The largest absolute Gasteiger partial charge is 0.459 e. The molecule has 4 rings (SSSR count). The molecule has 0 saturated carbocycles. The van der Waals surface area contributed by atoms with E-state index in [-0.39, 0.29) is 17.8 Å². The second-order valence-corrected chi connectivity index (χ2v) is 7.96. The maximum atomic E-state index is 12.9. The maximum Gasteiger partial charge on any atom is 0.333 e. The Hall–Kier alpha value is -3.05. The van der Waals surface area contributed by atoms with Crippen molar-refractivity contribution in [3.8, 4) is 0 Å². The lowest BCUT2D eigenvalue weighted by atomic mass is 10.1. The molecule has 0 aliphatic carbocycles. The highest BCUT2D eigenvalue weighted by molar-refractivity contribution is 6.23. The smallest absolute Gasteiger partial charge is 0.333 e. The normalized spacial score (nSPS) is 22.0. The lowest BCUT2D eigenvalue weighted by Gasteiger charge is -2.33. The fourth-order valence-corrected chi connectivity index (χ4v) is 4.21. The van der Waals surface area contributed by atoms with Gasteiger partial charge in [0, 0.05) is 46.9 Å². The fourth-order valence-electron chi connectivity index (χ4n) is 4.21. The first kappa shape index (κ1) is 22.2. The number of piperazine rings is 1. The summed E-state index contributed by atoms with van der Waals surface area (Å²) in [5.41, 5.74) is 0. The van der Waals surface area contributed by atoms with Crippen LogP contribution in [0.4, 0.5) is 4.79 Å². The molecule has 11 heteroatoms. The van der Waals surface area contributed by atoms with Crippen LogP contribution in [0.25, 0.3) is 0 Å². The van der Waals surface area contributed by atoms with Gasteiger partial charge in [0.1, 0.15) is 13.1 Å². The predicted octanol–water partition coefficient (Wildman–Crippen LogP) is -0.211. The molecule has 1 unspecified atom stereocenters. The summed E-state index contributed by atoms with van der Waals surface area (Å²) in [5, 5.41) is 0. The van der Waals surface area contributed by atoms with Gasteiger partial charge in [0.15, 0.2) is 5.76 Å². The van der Waals surface area contributed by atoms with Crippen molar-refractivity contribution in [3.63, 3.8) is 0 Å². The van der Waals surface area contributed by atoms with E-state index >= 15 is 0 Å². The number of likely N-dealkylation sites (N-methyl/N-ethyl adjacent to an activating group) is 2. The summed E-state index contributed by atoms with van der Waals surface area (Å²) in [7, 11) is 3.13. The predicted molar refractivity (Wildman–Crippen MR) is 115 cm³/mol. The highest BCUT2D eigenvalue weighted by Gasteiger charge is 2.53. The Morgan fingerprint density at radius 1 is 1.22 bits per heavy atom. The van der Waals surface area contributed by atoms with Crippen LogP contribution in [-0.4, -0.2) is 126 Å². The van der Waals surface area contributed by atoms with Gasteiger partial charge in [0.2, 0.25) is 0 Å². The maximum absolute atomic E-state index is 12.9. The van der Waals surface area contributed by atoms with E-state index in [1.807, 2.05) is 11.5 Å². The molecule has 172 valence electrons. The Morgan fingerprint density at radius 2 is 1.97 bits per heavy atom. The number of hydrogen-bond donors (Lipinski definition) is 0. The molecule has 2 saturated heterocycles. The van der Waals surface area contributed by atoms with Crippen molar-refractivity contribution in [2.24, 2.45) is 4.99 Å². The van der Waals surface area contributed by atoms with Gasteiger partial charge in [-0.25, -0.2) is 9.37 Å². The average Bonchev–Trinajstić information content (AvgIpc) is 3.45. The van der Waals surface area contributed by atoms with Crippen molar-refractivity contribution in [3.05, 3.63) is 24.2 Å². The Balaban J connectivity index is 1.48. The van der Waals surface area contributed by atoms with E-state index in [9.17, 15) is 14.4 Å². The summed E-state index contributed by atoms with van der Waals surface area (Å²) in [5.74, 6) is 1.14. The van der Waals surface area contributed by atoms with Crippen molar-refractivity contribution >= 4 is 29.5 Å². The molecule has 11 nitrogen and oxygen atoms in total. The zero-order valence-corrected chi connectivity index (χ0v) is 18.7. The van der Waals surface area contributed by atoms with Gasteiger partial charge in [-0.3, -0.25) is 24.3 Å². The number of imide groups is 1. The molecule has 1 aromatic heterocycles. The molecule has 0 aromatic carbocycles. The molecule has 0 bridgehead atoms. The standard InChI is InChI=1S/C21H29N6O5/c1-4-31-13-11-27-16(22-18-17(27)20(29)24(3)21(30)23(18)2)14-25-7-9-26(10-8-25)19(28)15-6-5-12-32-15/h5-6,12,17H,4,7-11,13-14H2,1-3H3/q+1. The minimum Gasteiger partial charge on any atom is -0.459 e. The molecular weight excluding hydrogens is 416 g/mol. The summed E-state index contributed by atoms with van der Waals surface area (Å²) in [4.78, 5) is 49.0. The van der Waals surface area contributed by atoms with Gasteiger partial charge in [-0.2, -0.15) is 0 Å². The van der Waals surface area contributed by atoms with Crippen LogP contribution >= 0.6 is 0 Å². The third-order valence-electron chi connectivity index (χ3n) is 6.05. The number of nitrogens with zero attached hydrogens (tertiary/aromatic N) is 6. The fraction of sp³-hybridized carbons (Fsp3) is 0.571. The highest BCUT2D eigenvalue weighted by atomic mass is 16.5. The zero-order valence-electron chi connectivity index (χ0n) is 18.7. The molecule has 1 aromatic rings. The number of hydrogen-bond acceptors (Lipinski definition) is 7. The minimum absolute atomic E-state index is 0.110. The Morgan fingerprint density at radius 3 is 2.62 bits per heavy atom. The van der Waals surface area contributed by atoms with Crippen molar-refractivity contribution in [2.75, 3.05) is 66.6 Å². The van der Waals surface area contributed by atoms with Crippen LogP contribution in [0.5, 0.6) is 0 Å². The first-order valence-electron chi connectivity index (χ1n) is 10.8. The van der Waals surface area contributed by atoms with Crippen LogP contribution in [0, 0.1) is 0 Å². The lowest BCUT2D eigenvalue weighted by molar-refractivity contribution is -0.539. The van der Waals surface area contributed by atoms with E-state index in [2.05, 4.69) is 4.90 Å². The van der Waals surface area contributed by atoms with Crippen LogP contribution in [-0.2, 0) is 9.53 Å². The second kappa shape index (κ2) is 9.21. The topological polar surface area (TPSA) is 102 Å². The number of urea groups is 1. The molecular formula is C21H29N6O5+. The number of amides is 4. The third kappa shape index (κ3) is 4.05. The molecule has 4 amide bonds. The lowest BCUT2D eigenvalue weighted by Crippen LogP contribution is -2.61. The number of carbonyl (C=O) groups is 3. The van der Waals surface area contributed by atoms with Crippen LogP contribution in [0.1, 0.15) is 17.5 Å². The molecule has 32 heavy (non-hydrogen) atoms. The summed E-state index contributed by atoms with van der Waals surface area (Å²) in [6.45, 7) is 6.48. The van der Waals surface area contributed by atoms with E-state index in [0.717, 1.165) is 10.7 Å². The van der Waals surface area contributed by atoms with E-state index in [1.54, 1.807) is 24.1 Å². The first-order valence-corrected chi connectivity index (χ1v) is 10.8. The van der Waals surface area contributed by atoms with Gasteiger partial charge in [0.25, 0.3) is 23.7 Å². The minimum atomic E-state index is -0.625. The van der Waals surface area contributed by atoms with Crippen LogP contribution in [0.3, 0.4) is 0 Å². The molecule has 4 heterocycles. The first-order chi connectivity index (χ1) is 15.4. The van der Waals surface area contributed by atoms with Crippen molar-refractivity contribution in [1.29, 1.82) is 0 Å². The third-order valence-corrected chi connectivity index (χ3v) is 6.05. The number of aliphatic imine (C=N–C) groups is 1. The number of ether oxygens (including phenoxy) is 1. The Kier molecular flexibility index (Phi) is 6.38. The summed E-state index contributed by atoms with van der Waals surface area (Å²) < 4.78 is 12.7. The summed E-state index contributed by atoms with van der Waals surface area (Å²) in [6, 6.07) is 2.36. The van der Waals surface area contributed by atoms with E-state index in [1.165, 1.54) is 18.2 Å². The van der Waals surface area contributed by atoms with E-state index < -0.39 is 6.04 Å². The van der Waals surface area contributed by atoms with Gasteiger partial charge in [-0.05, 0) is 24.0 Å². The Labute approximate surface area is 186 Å². The van der Waals surface area contributed by atoms with E-state index in [4.69, 9.17) is 14.1 Å². The quantitative estimate of drug-likeness (QED) is 0.425. The SMILES string of the molecule is CCOCC[N+]1=C(CN2CCN(C(=O)c3ccco3)CC2)N=C2C1C(=O)N(C)C(=O)N2C. The van der Waals surface area contributed by atoms with Gasteiger partial charge in [-0.1, -0.05) is 0 Å². The average molecular weight is 446 g/mol. The van der Waals surface area contributed by atoms with Gasteiger partial charge < -0.3 is 14.1 Å². The molecule has 2 fully saturated rings. The van der Waals surface area contributed by atoms with Crippen LogP contribution in [0.15, 0.2) is 27.8 Å². The Bertz CT molecular complexity index is 948. The number of furan rings is 1. The molecule has 1 atom stereocenters. The molecule has 3 aliphatic rings. The van der Waals surface area contributed by atoms with Gasteiger partial charge >= 0.3 is 11.9 Å².